The molecule has 0 amide bonds. The van der Waals surface area contributed by atoms with Gasteiger partial charge in [-0.05, 0) is 42.9 Å². The minimum Gasteiger partial charge on any atom is -0.492 e. The molecule has 0 unspecified atom stereocenters. The van der Waals surface area contributed by atoms with Gasteiger partial charge >= 0.3 is 0 Å². The van der Waals surface area contributed by atoms with Crippen molar-refractivity contribution in [2.75, 3.05) is 57.4 Å². The van der Waals surface area contributed by atoms with Crippen LogP contribution in [0.15, 0.2) is 41.5 Å². The van der Waals surface area contributed by atoms with Gasteiger partial charge in [-0.1, -0.05) is 19.9 Å². The third-order valence-corrected chi connectivity index (χ3v) is 5.67. The molecule has 0 radical (unpaired) electrons. The molecular weight excluding hydrogens is 364 g/mol. The van der Waals surface area contributed by atoms with E-state index in [4.69, 9.17) is 14.5 Å². The lowest BCUT2D eigenvalue weighted by atomic mass is 10.0. The summed E-state index contributed by atoms with van der Waals surface area (Å²) in [6, 6.07) is 10.5. The summed E-state index contributed by atoms with van der Waals surface area (Å²) < 4.78 is 11.5. The van der Waals surface area contributed by atoms with E-state index < -0.39 is 0 Å². The van der Waals surface area contributed by atoms with E-state index in [1.807, 2.05) is 12.3 Å². The van der Waals surface area contributed by atoms with Crippen molar-refractivity contribution in [2.24, 2.45) is 4.99 Å². The SMILES string of the molecule is CCN(CC)CCOc1ccc2c(c1)C(c1ccnc(N3CCOCC3)c1)=NC2. The number of rotatable bonds is 8. The zero-order valence-electron chi connectivity index (χ0n) is 17.4. The Morgan fingerprint density at radius 2 is 1.93 bits per heavy atom. The van der Waals surface area contributed by atoms with Crippen molar-refractivity contribution in [3.8, 4) is 5.75 Å². The van der Waals surface area contributed by atoms with Gasteiger partial charge in [-0.2, -0.15) is 0 Å². The molecular formula is C23H30N4O2. The number of ether oxygens (including phenoxy) is 2. The number of aliphatic imine (C=N–C) groups is 1. The van der Waals surface area contributed by atoms with E-state index in [1.54, 1.807) is 0 Å². The van der Waals surface area contributed by atoms with Crippen LogP contribution in [-0.2, 0) is 11.3 Å². The molecule has 1 aromatic carbocycles. The molecule has 4 rings (SSSR count). The van der Waals surface area contributed by atoms with Crippen molar-refractivity contribution in [1.82, 2.24) is 9.88 Å². The number of nitrogens with zero attached hydrogens (tertiary/aromatic N) is 4. The van der Waals surface area contributed by atoms with Gasteiger partial charge in [0.2, 0.25) is 0 Å². The predicted octanol–water partition coefficient (Wildman–Crippen LogP) is 2.99. The van der Waals surface area contributed by atoms with Crippen LogP contribution < -0.4 is 9.64 Å². The Morgan fingerprint density at radius 1 is 1.10 bits per heavy atom. The standard InChI is InChI=1S/C23H30N4O2/c1-3-26(4-2)9-14-29-20-6-5-19-17-25-23(21(19)16-20)18-7-8-24-22(15-18)27-10-12-28-13-11-27/h5-8,15-16H,3-4,9-14,17H2,1-2H3. The second kappa shape index (κ2) is 9.37. The number of pyridine rings is 1. The molecule has 0 aliphatic carbocycles. The molecule has 0 N–H and O–H groups in total. The first-order chi connectivity index (χ1) is 14.3. The summed E-state index contributed by atoms with van der Waals surface area (Å²) in [5.41, 5.74) is 4.57. The van der Waals surface area contributed by atoms with E-state index in [0.717, 1.165) is 75.3 Å². The first-order valence-corrected chi connectivity index (χ1v) is 10.6. The van der Waals surface area contributed by atoms with Crippen molar-refractivity contribution in [2.45, 2.75) is 20.4 Å². The number of fused-ring (bicyclic) bond motifs is 1. The normalized spacial score (nSPS) is 16.1. The summed E-state index contributed by atoms with van der Waals surface area (Å²) in [7, 11) is 0. The molecule has 1 fully saturated rings. The molecule has 0 bridgehead atoms. The van der Waals surface area contributed by atoms with E-state index in [9.17, 15) is 0 Å². The summed E-state index contributed by atoms with van der Waals surface area (Å²) in [4.78, 5) is 14.0. The van der Waals surface area contributed by atoms with Gasteiger partial charge in [-0.25, -0.2) is 4.98 Å². The Morgan fingerprint density at radius 3 is 2.72 bits per heavy atom. The molecule has 0 saturated carbocycles. The first-order valence-electron chi connectivity index (χ1n) is 10.6. The third-order valence-electron chi connectivity index (χ3n) is 5.67. The van der Waals surface area contributed by atoms with E-state index in [2.05, 4.69) is 52.9 Å². The summed E-state index contributed by atoms with van der Waals surface area (Å²) in [6.45, 7) is 12.1. The first kappa shape index (κ1) is 19.9. The maximum Gasteiger partial charge on any atom is 0.129 e. The maximum absolute atomic E-state index is 6.04. The lowest BCUT2D eigenvalue weighted by Gasteiger charge is -2.28. The van der Waals surface area contributed by atoms with Crippen LogP contribution in [0.2, 0.25) is 0 Å². The van der Waals surface area contributed by atoms with Gasteiger partial charge in [0.25, 0.3) is 0 Å². The molecule has 1 saturated heterocycles. The number of aromatic nitrogens is 1. The lowest BCUT2D eigenvalue weighted by molar-refractivity contribution is 0.122. The van der Waals surface area contributed by atoms with Crippen molar-refractivity contribution >= 4 is 11.5 Å². The van der Waals surface area contributed by atoms with Crippen LogP contribution >= 0.6 is 0 Å². The van der Waals surface area contributed by atoms with Crippen molar-refractivity contribution in [3.63, 3.8) is 0 Å². The molecule has 154 valence electrons. The number of likely N-dealkylation sites (N-methyl/N-ethyl adjacent to an activating group) is 1. The Bertz CT molecular complexity index is 858. The van der Waals surface area contributed by atoms with Crippen molar-refractivity contribution in [1.29, 1.82) is 0 Å². The highest BCUT2D eigenvalue weighted by atomic mass is 16.5. The van der Waals surface area contributed by atoms with Crippen LogP contribution in [-0.4, -0.2) is 68.1 Å². The van der Waals surface area contributed by atoms with E-state index in [-0.39, 0.29) is 0 Å². The van der Waals surface area contributed by atoms with Gasteiger partial charge in [-0.15, -0.1) is 0 Å². The molecule has 1 aromatic heterocycles. The number of morpholine rings is 1. The van der Waals surface area contributed by atoms with Crippen LogP contribution in [0.4, 0.5) is 5.82 Å². The van der Waals surface area contributed by atoms with Gasteiger partial charge < -0.3 is 19.3 Å². The Hall–Kier alpha value is -2.44. The van der Waals surface area contributed by atoms with E-state index >= 15 is 0 Å². The highest BCUT2D eigenvalue weighted by Gasteiger charge is 2.20. The van der Waals surface area contributed by atoms with Crippen LogP contribution in [0.25, 0.3) is 0 Å². The highest BCUT2D eigenvalue weighted by Crippen LogP contribution is 2.28. The quantitative estimate of drug-likeness (QED) is 0.689. The van der Waals surface area contributed by atoms with Gasteiger partial charge in [-0.3, -0.25) is 4.99 Å². The molecule has 6 nitrogen and oxygen atoms in total. The maximum atomic E-state index is 6.04. The summed E-state index contributed by atoms with van der Waals surface area (Å²) in [5, 5.41) is 0. The van der Waals surface area contributed by atoms with Gasteiger partial charge in [0.1, 0.15) is 18.2 Å². The smallest absolute Gasteiger partial charge is 0.129 e. The lowest BCUT2D eigenvalue weighted by Crippen LogP contribution is -2.36. The molecule has 0 spiro atoms. The second-order valence-electron chi connectivity index (χ2n) is 7.36. The van der Waals surface area contributed by atoms with Crippen LogP contribution in [0.5, 0.6) is 5.75 Å². The number of hydrogen-bond acceptors (Lipinski definition) is 6. The fourth-order valence-corrected chi connectivity index (χ4v) is 3.86. The summed E-state index contributed by atoms with van der Waals surface area (Å²) in [5.74, 6) is 1.90. The molecule has 6 heteroatoms. The van der Waals surface area contributed by atoms with Crippen molar-refractivity contribution in [3.05, 3.63) is 53.2 Å². The number of benzene rings is 1. The average molecular weight is 395 g/mol. The van der Waals surface area contributed by atoms with E-state index in [1.165, 1.54) is 11.1 Å². The molecule has 2 aromatic rings. The van der Waals surface area contributed by atoms with Crippen molar-refractivity contribution < 1.29 is 9.47 Å². The number of anilines is 1. The minimum atomic E-state index is 0.698. The van der Waals surface area contributed by atoms with Gasteiger partial charge in [0.15, 0.2) is 0 Å². The Labute approximate surface area is 173 Å². The fraction of sp³-hybridized carbons (Fsp3) is 0.478. The topological polar surface area (TPSA) is 50.2 Å². The van der Waals surface area contributed by atoms with Crippen LogP contribution in [0, 0.1) is 0 Å². The third kappa shape index (κ3) is 4.60. The minimum absolute atomic E-state index is 0.698. The van der Waals surface area contributed by atoms with Crippen LogP contribution in [0.3, 0.4) is 0 Å². The predicted molar refractivity (Wildman–Crippen MR) is 116 cm³/mol. The van der Waals surface area contributed by atoms with E-state index in [0.29, 0.717) is 6.61 Å². The monoisotopic (exact) mass is 394 g/mol. The van der Waals surface area contributed by atoms with Gasteiger partial charge in [0, 0.05) is 37.0 Å². The summed E-state index contributed by atoms with van der Waals surface area (Å²) >= 11 is 0. The zero-order valence-corrected chi connectivity index (χ0v) is 17.4. The van der Waals surface area contributed by atoms with Crippen LogP contribution in [0.1, 0.15) is 30.5 Å². The Balaban J connectivity index is 1.49. The molecule has 2 aliphatic heterocycles. The zero-order chi connectivity index (χ0) is 20.1. The fourth-order valence-electron chi connectivity index (χ4n) is 3.86. The molecule has 2 aliphatic rings. The molecule has 0 atom stereocenters. The summed E-state index contributed by atoms with van der Waals surface area (Å²) in [6.07, 6.45) is 1.88. The second-order valence-corrected chi connectivity index (χ2v) is 7.36. The van der Waals surface area contributed by atoms with Gasteiger partial charge in [0.05, 0.1) is 25.5 Å². The number of hydrogen-bond donors (Lipinski definition) is 0. The largest absolute Gasteiger partial charge is 0.492 e. The average Bonchev–Trinajstić information content (AvgIpc) is 3.21. The Kier molecular flexibility index (Phi) is 6.42. The molecule has 29 heavy (non-hydrogen) atoms. The molecule has 3 heterocycles. The highest BCUT2D eigenvalue weighted by molar-refractivity contribution is 6.15.